The maximum absolute atomic E-state index is 5.92. The average Bonchev–Trinajstić information content (AvgIpc) is 3.11. The van der Waals surface area contributed by atoms with E-state index in [-0.39, 0.29) is 6.10 Å². The zero-order chi connectivity index (χ0) is 15.8. The van der Waals surface area contributed by atoms with E-state index in [1.807, 2.05) is 13.0 Å². The highest BCUT2D eigenvalue weighted by molar-refractivity contribution is 7.15. The Morgan fingerprint density at radius 2 is 2.26 bits per heavy atom. The fraction of sp³-hybridized carbons (Fsp3) is 0.438. The van der Waals surface area contributed by atoms with Crippen molar-refractivity contribution >= 4 is 16.3 Å². The van der Waals surface area contributed by atoms with E-state index in [0.29, 0.717) is 0 Å². The van der Waals surface area contributed by atoms with Crippen LogP contribution < -0.4 is 0 Å². The van der Waals surface area contributed by atoms with Crippen molar-refractivity contribution in [2.75, 3.05) is 19.7 Å². The molecule has 1 aliphatic rings. The predicted octanol–water partition coefficient (Wildman–Crippen LogP) is 2.38. The van der Waals surface area contributed by atoms with E-state index in [4.69, 9.17) is 4.74 Å². The molecule has 0 radical (unpaired) electrons. The van der Waals surface area contributed by atoms with Gasteiger partial charge in [0.25, 0.3) is 0 Å². The lowest BCUT2D eigenvalue weighted by Gasteiger charge is -2.32. The number of thiazole rings is 1. The Bertz CT molecular complexity index is 827. The van der Waals surface area contributed by atoms with Crippen LogP contribution in [0.4, 0.5) is 0 Å². The van der Waals surface area contributed by atoms with Crippen LogP contribution in [0.15, 0.2) is 23.8 Å². The highest BCUT2D eigenvalue weighted by atomic mass is 32.1. The second-order valence-corrected chi connectivity index (χ2v) is 6.70. The van der Waals surface area contributed by atoms with Gasteiger partial charge in [-0.25, -0.2) is 15.0 Å². The Morgan fingerprint density at radius 1 is 1.35 bits per heavy atom. The second kappa shape index (κ2) is 5.99. The van der Waals surface area contributed by atoms with Gasteiger partial charge in [0, 0.05) is 37.4 Å². The first-order chi connectivity index (χ1) is 11.2. The molecule has 1 atom stereocenters. The van der Waals surface area contributed by atoms with Crippen LogP contribution in [-0.2, 0) is 11.3 Å². The zero-order valence-corrected chi connectivity index (χ0v) is 14.1. The third kappa shape index (κ3) is 2.87. The van der Waals surface area contributed by atoms with Gasteiger partial charge in [0.2, 0.25) is 0 Å². The Morgan fingerprint density at radius 3 is 3.13 bits per heavy atom. The summed E-state index contributed by atoms with van der Waals surface area (Å²) in [4.78, 5) is 16.8. The number of ether oxygens (including phenoxy) is 1. The average molecular weight is 329 g/mol. The van der Waals surface area contributed by atoms with E-state index < -0.39 is 0 Å². The van der Waals surface area contributed by atoms with Crippen LogP contribution in [0.3, 0.4) is 0 Å². The van der Waals surface area contributed by atoms with Gasteiger partial charge in [-0.05, 0) is 19.9 Å². The first-order valence-electron chi connectivity index (χ1n) is 7.75. The molecule has 4 rings (SSSR count). The Balaban J connectivity index is 1.53. The fourth-order valence-corrected chi connectivity index (χ4v) is 3.80. The van der Waals surface area contributed by atoms with Crippen LogP contribution in [0.25, 0.3) is 4.96 Å². The van der Waals surface area contributed by atoms with Crippen LogP contribution in [0.2, 0.25) is 0 Å². The maximum Gasteiger partial charge on any atom is 0.194 e. The van der Waals surface area contributed by atoms with Gasteiger partial charge in [-0.2, -0.15) is 0 Å². The summed E-state index contributed by atoms with van der Waals surface area (Å²) in [5, 5.41) is 2.08. The molecule has 7 heteroatoms. The first-order valence-corrected chi connectivity index (χ1v) is 8.63. The molecule has 0 saturated carbocycles. The Hall–Kier alpha value is -1.83. The van der Waals surface area contributed by atoms with Crippen molar-refractivity contribution in [1.29, 1.82) is 0 Å². The number of aryl methyl sites for hydroxylation is 2. The van der Waals surface area contributed by atoms with Crippen molar-refractivity contribution in [3.05, 3.63) is 46.7 Å². The number of hydrogen-bond acceptors (Lipinski definition) is 6. The lowest BCUT2D eigenvalue weighted by atomic mass is 10.2. The summed E-state index contributed by atoms with van der Waals surface area (Å²) >= 11 is 1.68. The molecule has 0 unspecified atom stereocenters. The molecule has 3 aromatic heterocycles. The number of fused-ring (bicyclic) bond motifs is 1. The number of hydrogen-bond donors (Lipinski definition) is 0. The van der Waals surface area contributed by atoms with Gasteiger partial charge in [-0.1, -0.05) is 0 Å². The maximum atomic E-state index is 5.92. The van der Waals surface area contributed by atoms with Crippen molar-refractivity contribution in [2.45, 2.75) is 26.5 Å². The van der Waals surface area contributed by atoms with Gasteiger partial charge in [0.15, 0.2) is 4.96 Å². The van der Waals surface area contributed by atoms with Crippen LogP contribution >= 0.6 is 11.3 Å². The van der Waals surface area contributed by atoms with Crippen LogP contribution in [0.1, 0.15) is 29.0 Å². The van der Waals surface area contributed by atoms with E-state index in [1.54, 1.807) is 17.5 Å². The van der Waals surface area contributed by atoms with Gasteiger partial charge >= 0.3 is 0 Å². The highest BCUT2D eigenvalue weighted by Gasteiger charge is 2.24. The molecule has 1 saturated heterocycles. The number of aromatic nitrogens is 4. The standard InChI is InChI=1S/C16H19N5OS/c1-11-14(21-6-8-23-16(21)18-11)9-20-5-7-22-15(10-20)13-3-4-17-12(2)19-13/h3-4,6,8,15H,5,7,9-10H2,1-2H3/t15-/m0/s1. The van der Waals surface area contributed by atoms with Gasteiger partial charge in [0.05, 0.1) is 23.7 Å². The largest absolute Gasteiger partial charge is 0.369 e. The van der Waals surface area contributed by atoms with Crippen LogP contribution in [0, 0.1) is 13.8 Å². The molecule has 4 heterocycles. The quantitative estimate of drug-likeness (QED) is 0.738. The summed E-state index contributed by atoms with van der Waals surface area (Å²) in [6.45, 7) is 7.37. The minimum Gasteiger partial charge on any atom is -0.369 e. The normalized spacial score (nSPS) is 19.5. The van der Waals surface area contributed by atoms with Crippen molar-refractivity contribution < 1.29 is 4.74 Å². The van der Waals surface area contributed by atoms with E-state index in [1.165, 1.54) is 5.69 Å². The molecule has 0 aromatic carbocycles. The Labute approximate surface area is 138 Å². The second-order valence-electron chi connectivity index (χ2n) is 5.82. The van der Waals surface area contributed by atoms with Crippen molar-refractivity contribution in [3.8, 4) is 0 Å². The third-order valence-corrected chi connectivity index (χ3v) is 4.97. The Kier molecular flexibility index (Phi) is 3.84. The van der Waals surface area contributed by atoms with E-state index in [0.717, 1.165) is 48.4 Å². The van der Waals surface area contributed by atoms with E-state index in [2.05, 4.69) is 42.8 Å². The monoisotopic (exact) mass is 329 g/mol. The molecule has 0 spiro atoms. The van der Waals surface area contributed by atoms with Gasteiger partial charge in [-0.3, -0.25) is 9.30 Å². The van der Waals surface area contributed by atoms with E-state index >= 15 is 0 Å². The molecule has 0 bridgehead atoms. The first kappa shape index (κ1) is 14.7. The van der Waals surface area contributed by atoms with Crippen molar-refractivity contribution in [3.63, 3.8) is 0 Å². The summed E-state index contributed by atoms with van der Waals surface area (Å²) in [5.41, 5.74) is 3.34. The molecule has 23 heavy (non-hydrogen) atoms. The highest BCUT2D eigenvalue weighted by Crippen LogP contribution is 2.24. The van der Waals surface area contributed by atoms with Crippen molar-refractivity contribution in [2.24, 2.45) is 0 Å². The molecule has 120 valence electrons. The minimum absolute atomic E-state index is 0.0108. The summed E-state index contributed by atoms with van der Waals surface area (Å²) in [5.74, 6) is 0.787. The zero-order valence-electron chi connectivity index (χ0n) is 13.3. The summed E-state index contributed by atoms with van der Waals surface area (Å²) in [6, 6.07) is 1.95. The molecular formula is C16H19N5OS. The lowest BCUT2D eigenvalue weighted by Crippen LogP contribution is -2.38. The van der Waals surface area contributed by atoms with E-state index in [9.17, 15) is 0 Å². The smallest absolute Gasteiger partial charge is 0.194 e. The van der Waals surface area contributed by atoms with Crippen LogP contribution in [0.5, 0.6) is 0 Å². The minimum atomic E-state index is 0.0108. The van der Waals surface area contributed by atoms with Gasteiger partial charge < -0.3 is 4.74 Å². The molecule has 1 aliphatic heterocycles. The SMILES string of the molecule is Cc1nccc([C@@H]2CN(Cc3c(C)nc4sccn34)CCO2)n1. The number of imidazole rings is 1. The van der Waals surface area contributed by atoms with Gasteiger partial charge in [-0.15, -0.1) is 11.3 Å². The van der Waals surface area contributed by atoms with Crippen molar-refractivity contribution in [1.82, 2.24) is 24.3 Å². The topological polar surface area (TPSA) is 55.6 Å². The summed E-state index contributed by atoms with van der Waals surface area (Å²) < 4.78 is 8.11. The lowest BCUT2D eigenvalue weighted by molar-refractivity contribution is -0.0355. The molecule has 0 amide bonds. The molecule has 0 aliphatic carbocycles. The third-order valence-electron chi connectivity index (χ3n) is 4.21. The molecule has 6 nitrogen and oxygen atoms in total. The molecule has 0 N–H and O–H groups in total. The predicted molar refractivity (Wildman–Crippen MR) is 88.5 cm³/mol. The number of morpholine rings is 1. The molecule has 1 fully saturated rings. The summed E-state index contributed by atoms with van der Waals surface area (Å²) in [7, 11) is 0. The number of rotatable bonds is 3. The summed E-state index contributed by atoms with van der Waals surface area (Å²) in [6.07, 6.45) is 3.91. The fourth-order valence-electron chi connectivity index (χ4n) is 3.02. The number of nitrogens with zero attached hydrogens (tertiary/aromatic N) is 5. The van der Waals surface area contributed by atoms with Crippen LogP contribution in [-0.4, -0.2) is 43.9 Å². The molecule has 3 aromatic rings. The molecular weight excluding hydrogens is 310 g/mol. The van der Waals surface area contributed by atoms with Gasteiger partial charge in [0.1, 0.15) is 11.9 Å².